The average Bonchev–Trinajstić information content (AvgIpc) is 2.42. The van der Waals surface area contributed by atoms with Crippen LogP contribution in [-0.4, -0.2) is 45.1 Å². The number of hydrogen-bond acceptors (Lipinski definition) is 4. The average molecular weight is 298 g/mol. The molecule has 0 radical (unpaired) electrons. The van der Waals surface area contributed by atoms with Crippen LogP contribution in [0.15, 0.2) is 29.2 Å². The SMILES string of the molecule is Cc1ccc(S(=O)(=O)CCC(=O)N(C)CCCN)cc1. The summed E-state index contributed by atoms with van der Waals surface area (Å²) in [6, 6.07) is 6.66. The van der Waals surface area contributed by atoms with Crippen molar-refractivity contribution >= 4 is 15.7 Å². The van der Waals surface area contributed by atoms with Gasteiger partial charge in [-0.2, -0.15) is 0 Å². The Labute approximate surface area is 120 Å². The normalized spacial score (nSPS) is 11.3. The molecule has 1 aromatic rings. The van der Waals surface area contributed by atoms with Gasteiger partial charge in [0.2, 0.25) is 5.91 Å². The van der Waals surface area contributed by atoms with E-state index in [1.807, 2.05) is 6.92 Å². The van der Waals surface area contributed by atoms with Gasteiger partial charge in [-0.25, -0.2) is 8.42 Å². The highest BCUT2D eigenvalue weighted by molar-refractivity contribution is 7.91. The molecule has 0 spiro atoms. The van der Waals surface area contributed by atoms with Crippen molar-refractivity contribution in [3.8, 4) is 0 Å². The van der Waals surface area contributed by atoms with E-state index >= 15 is 0 Å². The molecular formula is C14H22N2O3S. The second-order valence-corrected chi connectivity index (χ2v) is 6.95. The predicted molar refractivity (Wildman–Crippen MR) is 79.2 cm³/mol. The number of aryl methyl sites for hydroxylation is 1. The summed E-state index contributed by atoms with van der Waals surface area (Å²) in [6.45, 7) is 2.96. The molecule has 0 unspecified atom stereocenters. The number of amides is 1. The molecular weight excluding hydrogens is 276 g/mol. The molecule has 0 bridgehead atoms. The molecule has 2 N–H and O–H groups in total. The van der Waals surface area contributed by atoms with E-state index < -0.39 is 9.84 Å². The molecule has 1 aromatic carbocycles. The number of benzene rings is 1. The highest BCUT2D eigenvalue weighted by Crippen LogP contribution is 2.13. The van der Waals surface area contributed by atoms with Gasteiger partial charge < -0.3 is 10.6 Å². The zero-order valence-electron chi connectivity index (χ0n) is 12.0. The number of carbonyl (C=O) groups is 1. The molecule has 5 nitrogen and oxygen atoms in total. The molecule has 1 amide bonds. The van der Waals surface area contributed by atoms with Gasteiger partial charge in [-0.15, -0.1) is 0 Å². The molecule has 0 fully saturated rings. The fourth-order valence-corrected chi connectivity index (χ4v) is 2.96. The number of rotatable bonds is 7. The van der Waals surface area contributed by atoms with E-state index in [0.717, 1.165) is 5.56 Å². The number of nitrogens with two attached hydrogens (primary N) is 1. The fourth-order valence-electron chi connectivity index (χ4n) is 1.73. The fraction of sp³-hybridized carbons (Fsp3) is 0.500. The van der Waals surface area contributed by atoms with Crippen LogP contribution in [0.4, 0.5) is 0 Å². The largest absolute Gasteiger partial charge is 0.346 e. The van der Waals surface area contributed by atoms with Crippen molar-refractivity contribution in [2.24, 2.45) is 5.73 Å². The van der Waals surface area contributed by atoms with Gasteiger partial charge >= 0.3 is 0 Å². The lowest BCUT2D eigenvalue weighted by molar-refractivity contribution is -0.129. The second-order valence-electron chi connectivity index (χ2n) is 4.84. The van der Waals surface area contributed by atoms with E-state index in [1.54, 1.807) is 31.3 Å². The first-order chi connectivity index (χ1) is 9.36. The first kappa shape index (κ1) is 16.7. The molecule has 6 heteroatoms. The molecule has 0 aliphatic rings. The van der Waals surface area contributed by atoms with Crippen LogP contribution in [0, 0.1) is 6.92 Å². The monoisotopic (exact) mass is 298 g/mol. The third kappa shape index (κ3) is 4.94. The van der Waals surface area contributed by atoms with Crippen molar-refractivity contribution < 1.29 is 13.2 Å². The summed E-state index contributed by atoms with van der Waals surface area (Å²) >= 11 is 0. The van der Waals surface area contributed by atoms with Crippen LogP contribution in [0.1, 0.15) is 18.4 Å². The maximum absolute atomic E-state index is 12.1. The quantitative estimate of drug-likeness (QED) is 0.813. The lowest BCUT2D eigenvalue weighted by Crippen LogP contribution is -2.30. The summed E-state index contributed by atoms with van der Waals surface area (Å²) in [7, 11) is -1.74. The number of carbonyl (C=O) groups excluding carboxylic acids is 1. The Morgan fingerprint density at radius 1 is 1.25 bits per heavy atom. The van der Waals surface area contributed by atoms with Crippen molar-refractivity contribution in [3.05, 3.63) is 29.8 Å². The van der Waals surface area contributed by atoms with Crippen LogP contribution in [0.2, 0.25) is 0 Å². The second kappa shape index (κ2) is 7.40. The minimum atomic E-state index is -3.40. The Morgan fingerprint density at radius 2 is 1.85 bits per heavy atom. The molecule has 112 valence electrons. The van der Waals surface area contributed by atoms with E-state index in [1.165, 1.54) is 4.90 Å². The highest BCUT2D eigenvalue weighted by Gasteiger charge is 2.17. The van der Waals surface area contributed by atoms with Crippen LogP contribution < -0.4 is 5.73 Å². The van der Waals surface area contributed by atoms with Crippen LogP contribution in [0.5, 0.6) is 0 Å². The van der Waals surface area contributed by atoms with E-state index in [-0.39, 0.29) is 23.0 Å². The predicted octanol–water partition coefficient (Wildman–Crippen LogP) is 0.966. The van der Waals surface area contributed by atoms with E-state index in [4.69, 9.17) is 5.73 Å². The minimum absolute atomic E-state index is 0.00270. The highest BCUT2D eigenvalue weighted by atomic mass is 32.2. The molecule has 0 aromatic heterocycles. The Morgan fingerprint density at radius 3 is 2.40 bits per heavy atom. The van der Waals surface area contributed by atoms with Gasteiger partial charge in [0, 0.05) is 20.0 Å². The van der Waals surface area contributed by atoms with Gasteiger partial charge in [-0.05, 0) is 32.0 Å². The van der Waals surface area contributed by atoms with E-state index in [0.29, 0.717) is 19.5 Å². The van der Waals surface area contributed by atoms with Crippen molar-refractivity contribution in [2.45, 2.75) is 24.7 Å². The summed E-state index contributed by atoms with van der Waals surface area (Å²) in [5.41, 5.74) is 6.38. The zero-order valence-corrected chi connectivity index (χ0v) is 12.8. The van der Waals surface area contributed by atoms with Crippen LogP contribution in [0.3, 0.4) is 0 Å². The minimum Gasteiger partial charge on any atom is -0.346 e. The summed E-state index contributed by atoms with van der Waals surface area (Å²) in [6.07, 6.45) is 0.713. The standard InChI is InChI=1S/C14H22N2O3S/c1-12-4-6-13(7-5-12)20(18,19)11-8-14(17)16(2)10-3-9-15/h4-7H,3,8-11,15H2,1-2H3. The molecule has 0 saturated heterocycles. The Balaban J connectivity index is 2.59. The number of hydrogen-bond donors (Lipinski definition) is 1. The number of nitrogens with zero attached hydrogens (tertiary/aromatic N) is 1. The van der Waals surface area contributed by atoms with Crippen LogP contribution >= 0.6 is 0 Å². The third-order valence-electron chi connectivity index (χ3n) is 3.09. The van der Waals surface area contributed by atoms with Gasteiger partial charge in [0.15, 0.2) is 9.84 Å². The molecule has 0 aliphatic heterocycles. The third-order valence-corrected chi connectivity index (χ3v) is 4.82. The summed E-state index contributed by atoms with van der Waals surface area (Å²) in [4.78, 5) is 13.6. The lowest BCUT2D eigenvalue weighted by Gasteiger charge is -2.16. The summed E-state index contributed by atoms with van der Waals surface area (Å²) in [5, 5.41) is 0. The molecule has 0 atom stereocenters. The first-order valence-corrected chi connectivity index (χ1v) is 8.25. The van der Waals surface area contributed by atoms with Crippen LogP contribution in [0.25, 0.3) is 0 Å². The van der Waals surface area contributed by atoms with Gasteiger partial charge in [0.1, 0.15) is 0 Å². The molecule has 0 heterocycles. The van der Waals surface area contributed by atoms with Gasteiger partial charge in [-0.3, -0.25) is 4.79 Å². The van der Waals surface area contributed by atoms with Crippen molar-refractivity contribution in [1.29, 1.82) is 0 Å². The topological polar surface area (TPSA) is 80.5 Å². The van der Waals surface area contributed by atoms with Crippen molar-refractivity contribution in [3.63, 3.8) is 0 Å². The summed E-state index contributed by atoms with van der Waals surface area (Å²) in [5.74, 6) is -0.337. The Bertz CT molecular complexity index is 538. The molecule has 1 rings (SSSR count). The van der Waals surface area contributed by atoms with Crippen LogP contribution in [-0.2, 0) is 14.6 Å². The molecule has 20 heavy (non-hydrogen) atoms. The lowest BCUT2D eigenvalue weighted by atomic mass is 10.2. The molecule has 0 aliphatic carbocycles. The van der Waals surface area contributed by atoms with Gasteiger partial charge in [-0.1, -0.05) is 17.7 Å². The Hall–Kier alpha value is -1.40. The zero-order chi connectivity index (χ0) is 15.2. The number of sulfone groups is 1. The van der Waals surface area contributed by atoms with Gasteiger partial charge in [0.05, 0.1) is 10.6 Å². The van der Waals surface area contributed by atoms with E-state index in [2.05, 4.69) is 0 Å². The summed E-state index contributed by atoms with van der Waals surface area (Å²) < 4.78 is 24.2. The van der Waals surface area contributed by atoms with E-state index in [9.17, 15) is 13.2 Å². The van der Waals surface area contributed by atoms with Crippen molar-refractivity contribution in [2.75, 3.05) is 25.9 Å². The maximum Gasteiger partial charge on any atom is 0.223 e. The molecule has 0 saturated carbocycles. The smallest absolute Gasteiger partial charge is 0.223 e. The van der Waals surface area contributed by atoms with Crippen molar-refractivity contribution in [1.82, 2.24) is 4.90 Å². The first-order valence-electron chi connectivity index (χ1n) is 6.60. The Kier molecular flexibility index (Phi) is 6.16. The van der Waals surface area contributed by atoms with Gasteiger partial charge in [0.25, 0.3) is 0 Å². The maximum atomic E-state index is 12.1.